The van der Waals surface area contributed by atoms with Gasteiger partial charge in [-0.1, -0.05) is 6.08 Å². The fourth-order valence-electron chi connectivity index (χ4n) is 1.37. The van der Waals surface area contributed by atoms with E-state index in [1.54, 1.807) is 11.8 Å². The Kier molecular flexibility index (Phi) is 1.59. The molecule has 0 saturated carbocycles. The van der Waals surface area contributed by atoms with E-state index in [4.69, 9.17) is 0 Å². The molecule has 1 aliphatic carbocycles. The molecule has 0 aromatic rings. The Morgan fingerprint density at radius 2 is 2.30 bits per heavy atom. The Hall–Kier alpha value is 1.09. The largest absolute Gasteiger partial charge is 0.375 e. The van der Waals surface area contributed by atoms with E-state index in [0.29, 0.717) is 5.25 Å². The summed E-state index contributed by atoms with van der Waals surface area (Å²) in [5, 5.41) is 11.6. The summed E-state index contributed by atoms with van der Waals surface area (Å²) in [4.78, 5) is -0.426. The van der Waals surface area contributed by atoms with Crippen molar-refractivity contribution in [2.24, 2.45) is 0 Å². The third kappa shape index (κ3) is 0.874. The fourth-order valence-corrected chi connectivity index (χ4v) is 3.98. The first kappa shape index (κ1) is 7.72. The van der Waals surface area contributed by atoms with Crippen LogP contribution in [-0.4, -0.2) is 25.8 Å². The van der Waals surface area contributed by atoms with E-state index in [1.165, 1.54) is 0 Å². The van der Waals surface area contributed by atoms with Crippen LogP contribution in [0.15, 0.2) is 12.2 Å². The van der Waals surface area contributed by atoms with Crippen molar-refractivity contribution in [1.29, 1.82) is 0 Å². The Morgan fingerprint density at radius 1 is 1.50 bits per heavy atom. The minimum Gasteiger partial charge on any atom is -0.375 e. The molecule has 4 heteroatoms. The maximum atomic E-state index is 9.51. The summed E-state index contributed by atoms with van der Waals surface area (Å²) in [6, 6.07) is 0. The van der Waals surface area contributed by atoms with Gasteiger partial charge < -0.3 is 5.11 Å². The summed E-state index contributed by atoms with van der Waals surface area (Å²) >= 11 is 3.68. The number of fused-ring (bicyclic) bond motifs is 3. The van der Waals surface area contributed by atoms with Crippen molar-refractivity contribution < 1.29 is 26.2 Å². The Labute approximate surface area is 82.3 Å². The van der Waals surface area contributed by atoms with Crippen LogP contribution in [0, 0.1) is 0 Å². The first-order valence-corrected chi connectivity index (χ1v) is 4.87. The third-order valence-corrected chi connectivity index (χ3v) is 4.97. The smallest absolute Gasteiger partial charge is 0.142 e. The van der Waals surface area contributed by atoms with Crippen molar-refractivity contribution in [2.45, 2.75) is 20.7 Å². The molecule has 0 aromatic heterocycles. The zero-order valence-corrected chi connectivity index (χ0v) is 8.70. The molecule has 2 saturated heterocycles. The average Bonchev–Trinajstić information content (AvgIpc) is 2.52. The van der Waals surface area contributed by atoms with Gasteiger partial charge in [-0.3, -0.25) is 0 Å². The minimum atomic E-state index is -0.426. The van der Waals surface area contributed by atoms with Gasteiger partial charge in [-0.25, -0.2) is 0 Å². The van der Waals surface area contributed by atoms with Crippen LogP contribution in [0.2, 0.25) is 0 Å². The second-order valence-corrected chi connectivity index (χ2v) is 5.47. The van der Waals surface area contributed by atoms with Gasteiger partial charge in [0.2, 0.25) is 0 Å². The van der Waals surface area contributed by atoms with Gasteiger partial charge in [0.25, 0.3) is 0 Å². The maximum Gasteiger partial charge on any atom is 0.142 e. The van der Waals surface area contributed by atoms with Gasteiger partial charge in [0.05, 0.1) is 5.25 Å². The number of hydrogen-bond acceptors (Lipinski definition) is 3. The van der Waals surface area contributed by atoms with Crippen molar-refractivity contribution >= 4 is 23.5 Å². The van der Waals surface area contributed by atoms with Crippen molar-refractivity contribution in [2.75, 3.05) is 0 Å². The summed E-state index contributed by atoms with van der Waals surface area (Å²) in [6.45, 7) is 0. The SMILES string of the molecule is OC12C=CC3SC3C1S2.[Mo]. The van der Waals surface area contributed by atoms with Crippen LogP contribution >= 0.6 is 23.5 Å². The van der Waals surface area contributed by atoms with Gasteiger partial charge in [-0.2, -0.15) is 0 Å². The predicted molar refractivity (Wildman–Crippen MR) is 40.6 cm³/mol. The van der Waals surface area contributed by atoms with Crippen LogP contribution in [0.3, 0.4) is 0 Å². The molecule has 0 spiro atoms. The summed E-state index contributed by atoms with van der Waals surface area (Å²) in [7, 11) is 0. The molecule has 54 valence electrons. The molecule has 10 heavy (non-hydrogen) atoms. The first-order chi connectivity index (χ1) is 4.30. The molecular weight excluding hydrogens is 248 g/mol. The van der Waals surface area contributed by atoms with Crippen LogP contribution in [0.4, 0.5) is 0 Å². The zero-order chi connectivity index (χ0) is 6.06. The van der Waals surface area contributed by atoms with E-state index < -0.39 is 4.93 Å². The van der Waals surface area contributed by atoms with Gasteiger partial charge in [0.1, 0.15) is 4.93 Å². The maximum absolute atomic E-state index is 9.51. The third-order valence-electron chi connectivity index (χ3n) is 2.05. The molecule has 0 radical (unpaired) electrons. The van der Waals surface area contributed by atoms with Crippen LogP contribution in [0.25, 0.3) is 0 Å². The van der Waals surface area contributed by atoms with Crippen LogP contribution in [0.1, 0.15) is 0 Å². The van der Waals surface area contributed by atoms with Gasteiger partial charge in [0, 0.05) is 31.6 Å². The number of rotatable bonds is 0. The summed E-state index contributed by atoms with van der Waals surface area (Å²) in [5.41, 5.74) is 0. The monoisotopic (exact) mass is 256 g/mol. The molecule has 4 atom stereocenters. The summed E-state index contributed by atoms with van der Waals surface area (Å²) in [5.74, 6) is 0. The minimum absolute atomic E-state index is 0. The first-order valence-electron chi connectivity index (χ1n) is 3.05. The van der Waals surface area contributed by atoms with Crippen LogP contribution in [0.5, 0.6) is 0 Å². The molecule has 3 aliphatic rings. The number of hydrogen-bond donors (Lipinski definition) is 1. The quantitative estimate of drug-likeness (QED) is 0.393. The van der Waals surface area contributed by atoms with Crippen LogP contribution in [-0.2, 0) is 21.1 Å². The molecule has 2 aliphatic heterocycles. The molecule has 4 unspecified atom stereocenters. The second kappa shape index (κ2) is 2.06. The molecule has 1 N–H and O–H groups in total. The number of aliphatic hydroxyl groups is 1. The molecule has 0 bridgehead atoms. The molecule has 3 rings (SSSR count). The fraction of sp³-hybridized carbons (Fsp3) is 0.667. The van der Waals surface area contributed by atoms with E-state index >= 15 is 0 Å². The number of thioether (sulfide) groups is 2. The zero-order valence-electron chi connectivity index (χ0n) is 5.06. The topological polar surface area (TPSA) is 20.2 Å². The molecule has 2 heterocycles. The van der Waals surface area contributed by atoms with E-state index in [1.807, 2.05) is 17.8 Å². The molecule has 2 fully saturated rings. The Bertz CT molecular complexity index is 208. The molecule has 1 nitrogen and oxygen atoms in total. The van der Waals surface area contributed by atoms with E-state index in [2.05, 4.69) is 6.08 Å². The van der Waals surface area contributed by atoms with Crippen molar-refractivity contribution in [3.05, 3.63) is 12.2 Å². The van der Waals surface area contributed by atoms with Gasteiger partial charge >= 0.3 is 0 Å². The van der Waals surface area contributed by atoms with Crippen molar-refractivity contribution in [3.8, 4) is 0 Å². The molecule has 0 amide bonds. The Morgan fingerprint density at radius 3 is 3.00 bits per heavy atom. The normalized spacial score (nSPS) is 59.9. The summed E-state index contributed by atoms with van der Waals surface area (Å²) in [6.07, 6.45) is 4.11. The van der Waals surface area contributed by atoms with Crippen molar-refractivity contribution in [1.82, 2.24) is 0 Å². The Balaban J connectivity index is 0.000000403. The van der Waals surface area contributed by atoms with Crippen molar-refractivity contribution in [3.63, 3.8) is 0 Å². The van der Waals surface area contributed by atoms with Gasteiger partial charge in [0.15, 0.2) is 0 Å². The average molecular weight is 254 g/mol. The van der Waals surface area contributed by atoms with E-state index in [9.17, 15) is 5.11 Å². The van der Waals surface area contributed by atoms with Gasteiger partial charge in [-0.15, -0.1) is 23.5 Å². The van der Waals surface area contributed by atoms with Gasteiger partial charge in [-0.05, 0) is 6.08 Å². The summed E-state index contributed by atoms with van der Waals surface area (Å²) < 4.78 is 0. The van der Waals surface area contributed by atoms with Crippen LogP contribution < -0.4 is 0 Å². The second-order valence-electron chi connectivity index (χ2n) is 2.71. The molecule has 0 aromatic carbocycles. The predicted octanol–water partition coefficient (Wildman–Crippen LogP) is 0.842. The van der Waals surface area contributed by atoms with E-state index in [-0.39, 0.29) is 21.1 Å². The standard InChI is InChI=1S/C6H6OS2.Mo/c7-6-2-1-3-4(8-3)5(6)9-6;/h1-5,7H;. The molecular formula is C6H6MoOS2. The van der Waals surface area contributed by atoms with E-state index in [0.717, 1.165) is 10.5 Å².